The van der Waals surface area contributed by atoms with Gasteiger partial charge >= 0.3 is 0 Å². The van der Waals surface area contributed by atoms with E-state index in [0.717, 1.165) is 11.1 Å². The monoisotopic (exact) mass is 395 g/mol. The van der Waals surface area contributed by atoms with Gasteiger partial charge in [0.25, 0.3) is 5.91 Å². The van der Waals surface area contributed by atoms with Crippen LogP contribution in [0.2, 0.25) is 5.02 Å². The maximum Gasteiger partial charge on any atom is 0.271 e. The minimum Gasteiger partial charge on any atom is -0.497 e. The van der Waals surface area contributed by atoms with E-state index in [0.29, 0.717) is 27.8 Å². The number of benzene rings is 2. The molecular weight excluding hydrogens is 378 g/mol. The summed E-state index contributed by atoms with van der Waals surface area (Å²) in [5, 5.41) is 4.65. The number of carbonyl (C=O) groups is 1. The first-order valence-electron chi connectivity index (χ1n) is 8.37. The molecule has 6 nitrogen and oxygen atoms in total. The van der Waals surface area contributed by atoms with E-state index < -0.39 is 0 Å². The van der Waals surface area contributed by atoms with E-state index in [1.54, 1.807) is 62.9 Å². The number of hydrogen-bond donors (Lipinski definition) is 1. The number of pyridine rings is 1. The molecule has 1 amide bonds. The highest BCUT2D eigenvalue weighted by atomic mass is 35.5. The summed E-state index contributed by atoms with van der Waals surface area (Å²) in [4.78, 5) is 16.7. The van der Waals surface area contributed by atoms with Crippen molar-refractivity contribution in [1.29, 1.82) is 0 Å². The molecule has 1 N–H and O–H groups in total. The molecule has 142 valence electrons. The molecule has 2 aromatic carbocycles. The standard InChI is InChI=1S/C21H18ClN3O3/c1-27-18-9-14(10-19(12-18)28-2)13-24-25-21(26)16-7-8-23-20(11-16)15-3-5-17(22)6-4-15/h3-13H,1-2H3,(H,25,26). The van der Waals surface area contributed by atoms with Crippen molar-refractivity contribution in [3.8, 4) is 22.8 Å². The van der Waals surface area contributed by atoms with Gasteiger partial charge in [-0.2, -0.15) is 5.10 Å². The summed E-state index contributed by atoms with van der Waals surface area (Å²) in [6.45, 7) is 0. The molecule has 0 saturated carbocycles. The fourth-order valence-electron chi connectivity index (χ4n) is 2.48. The van der Waals surface area contributed by atoms with Crippen molar-refractivity contribution in [3.05, 3.63) is 76.9 Å². The highest BCUT2D eigenvalue weighted by Crippen LogP contribution is 2.22. The van der Waals surface area contributed by atoms with Crippen LogP contribution in [0.25, 0.3) is 11.3 Å². The number of hydrogen-bond acceptors (Lipinski definition) is 5. The summed E-state index contributed by atoms with van der Waals surface area (Å²) in [5.41, 5.74) is 5.22. The Hall–Kier alpha value is -3.38. The Kier molecular flexibility index (Phi) is 6.24. The third-order valence-corrected chi connectivity index (χ3v) is 4.17. The zero-order valence-electron chi connectivity index (χ0n) is 15.3. The number of carbonyl (C=O) groups excluding carboxylic acids is 1. The van der Waals surface area contributed by atoms with Crippen LogP contribution in [0.1, 0.15) is 15.9 Å². The lowest BCUT2D eigenvalue weighted by Gasteiger charge is -2.06. The van der Waals surface area contributed by atoms with E-state index in [1.807, 2.05) is 12.1 Å². The number of methoxy groups -OCH3 is 2. The van der Waals surface area contributed by atoms with Crippen molar-refractivity contribution in [3.63, 3.8) is 0 Å². The van der Waals surface area contributed by atoms with Crippen molar-refractivity contribution in [2.24, 2.45) is 5.10 Å². The predicted molar refractivity (Wildman–Crippen MR) is 109 cm³/mol. The van der Waals surface area contributed by atoms with Crippen LogP contribution in [0.5, 0.6) is 11.5 Å². The molecule has 0 atom stereocenters. The lowest BCUT2D eigenvalue weighted by Crippen LogP contribution is -2.17. The summed E-state index contributed by atoms with van der Waals surface area (Å²) in [6, 6.07) is 15.9. The Balaban J connectivity index is 1.72. The predicted octanol–water partition coefficient (Wildman–Crippen LogP) is 4.18. The largest absolute Gasteiger partial charge is 0.497 e. The smallest absolute Gasteiger partial charge is 0.271 e. The van der Waals surface area contributed by atoms with E-state index in [-0.39, 0.29) is 5.91 Å². The van der Waals surface area contributed by atoms with Crippen molar-refractivity contribution in [2.75, 3.05) is 14.2 Å². The topological polar surface area (TPSA) is 72.8 Å². The zero-order chi connectivity index (χ0) is 19.9. The van der Waals surface area contributed by atoms with Crippen LogP contribution in [0, 0.1) is 0 Å². The lowest BCUT2D eigenvalue weighted by molar-refractivity contribution is 0.0955. The van der Waals surface area contributed by atoms with E-state index in [9.17, 15) is 4.79 Å². The average molecular weight is 396 g/mol. The van der Waals surface area contributed by atoms with Crippen LogP contribution in [0.3, 0.4) is 0 Å². The van der Waals surface area contributed by atoms with Crippen LogP contribution in [0.15, 0.2) is 65.9 Å². The van der Waals surface area contributed by atoms with Gasteiger partial charge in [-0.1, -0.05) is 23.7 Å². The average Bonchev–Trinajstić information content (AvgIpc) is 2.74. The summed E-state index contributed by atoms with van der Waals surface area (Å²) in [5.74, 6) is 0.923. The molecule has 3 rings (SSSR count). The molecule has 1 heterocycles. The van der Waals surface area contributed by atoms with E-state index in [1.165, 1.54) is 6.21 Å². The highest BCUT2D eigenvalue weighted by molar-refractivity contribution is 6.30. The molecule has 28 heavy (non-hydrogen) atoms. The molecule has 0 radical (unpaired) electrons. The quantitative estimate of drug-likeness (QED) is 0.502. The van der Waals surface area contributed by atoms with E-state index in [2.05, 4.69) is 15.5 Å². The maximum atomic E-state index is 12.4. The van der Waals surface area contributed by atoms with Gasteiger partial charge in [-0.05, 0) is 36.4 Å². The normalized spacial score (nSPS) is 10.7. The second-order valence-electron chi connectivity index (χ2n) is 5.78. The van der Waals surface area contributed by atoms with Gasteiger partial charge < -0.3 is 9.47 Å². The molecular formula is C21H18ClN3O3. The number of hydrazone groups is 1. The Morgan fingerprint density at radius 2 is 1.71 bits per heavy atom. The van der Waals surface area contributed by atoms with Crippen LogP contribution < -0.4 is 14.9 Å². The molecule has 3 aromatic rings. The second kappa shape index (κ2) is 9.01. The third kappa shape index (κ3) is 4.86. The molecule has 0 unspecified atom stereocenters. The van der Waals surface area contributed by atoms with Gasteiger partial charge in [0.05, 0.1) is 26.1 Å². The van der Waals surface area contributed by atoms with Gasteiger partial charge in [0, 0.05) is 34.0 Å². The van der Waals surface area contributed by atoms with Crippen LogP contribution in [-0.4, -0.2) is 31.3 Å². The van der Waals surface area contributed by atoms with Gasteiger partial charge in [0.1, 0.15) is 11.5 Å². The highest BCUT2D eigenvalue weighted by Gasteiger charge is 2.07. The van der Waals surface area contributed by atoms with Crippen molar-refractivity contribution in [1.82, 2.24) is 10.4 Å². The van der Waals surface area contributed by atoms with Crippen molar-refractivity contribution < 1.29 is 14.3 Å². The van der Waals surface area contributed by atoms with Crippen molar-refractivity contribution in [2.45, 2.75) is 0 Å². The molecule has 0 spiro atoms. The molecule has 0 fully saturated rings. The SMILES string of the molecule is COc1cc(C=NNC(=O)c2ccnc(-c3ccc(Cl)cc3)c2)cc(OC)c1. The van der Waals surface area contributed by atoms with Crippen LogP contribution in [-0.2, 0) is 0 Å². The maximum absolute atomic E-state index is 12.4. The Morgan fingerprint density at radius 3 is 2.36 bits per heavy atom. The fraction of sp³-hybridized carbons (Fsp3) is 0.0952. The molecule has 0 bridgehead atoms. The number of rotatable bonds is 6. The van der Waals surface area contributed by atoms with Gasteiger partial charge in [-0.3, -0.25) is 9.78 Å². The lowest BCUT2D eigenvalue weighted by atomic mass is 10.1. The molecule has 0 saturated heterocycles. The molecule has 0 aliphatic carbocycles. The van der Waals surface area contributed by atoms with Crippen molar-refractivity contribution >= 4 is 23.7 Å². The first kappa shape index (κ1) is 19.4. The number of aromatic nitrogens is 1. The van der Waals surface area contributed by atoms with E-state index in [4.69, 9.17) is 21.1 Å². The second-order valence-corrected chi connectivity index (χ2v) is 6.22. The number of amides is 1. The van der Waals surface area contributed by atoms with Gasteiger partial charge in [0.15, 0.2) is 0 Å². The van der Waals surface area contributed by atoms with Gasteiger partial charge in [0.2, 0.25) is 0 Å². The minimum atomic E-state index is -0.344. The summed E-state index contributed by atoms with van der Waals surface area (Å²) >= 11 is 5.91. The number of halogens is 1. The summed E-state index contributed by atoms with van der Waals surface area (Å²) in [6.07, 6.45) is 3.10. The number of nitrogens with zero attached hydrogens (tertiary/aromatic N) is 2. The molecule has 0 aliphatic rings. The first-order valence-corrected chi connectivity index (χ1v) is 8.75. The number of ether oxygens (including phenoxy) is 2. The van der Waals surface area contributed by atoms with E-state index >= 15 is 0 Å². The minimum absolute atomic E-state index is 0.344. The Labute approximate surface area is 167 Å². The summed E-state index contributed by atoms with van der Waals surface area (Å²) < 4.78 is 10.4. The Bertz CT molecular complexity index is 982. The van der Waals surface area contributed by atoms with Gasteiger partial charge in [-0.15, -0.1) is 0 Å². The third-order valence-electron chi connectivity index (χ3n) is 3.92. The summed E-state index contributed by atoms with van der Waals surface area (Å²) in [7, 11) is 3.14. The first-order chi connectivity index (χ1) is 13.6. The molecule has 1 aromatic heterocycles. The zero-order valence-corrected chi connectivity index (χ0v) is 16.1. The number of nitrogens with one attached hydrogen (secondary N) is 1. The van der Waals surface area contributed by atoms with Crippen LogP contribution >= 0.6 is 11.6 Å². The van der Waals surface area contributed by atoms with Crippen LogP contribution in [0.4, 0.5) is 0 Å². The molecule has 0 aliphatic heterocycles. The molecule has 7 heteroatoms. The Morgan fingerprint density at radius 1 is 1.04 bits per heavy atom. The van der Waals surface area contributed by atoms with Gasteiger partial charge in [-0.25, -0.2) is 5.43 Å². The fourth-order valence-corrected chi connectivity index (χ4v) is 2.61.